The van der Waals surface area contributed by atoms with Crippen molar-refractivity contribution in [1.82, 2.24) is 0 Å². The molecule has 1 aromatic heterocycles. The summed E-state index contributed by atoms with van der Waals surface area (Å²) in [6, 6.07) is 13.7. The fourth-order valence-corrected chi connectivity index (χ4v) is 2.04. The Morgan fingerprint density at radius 3 is 2.67 bits per heavy atom. The van der Waals surface area contributed by atoms with Crippen LogP contribution in [0.1, 0.15) is 41.3 Å². The number of benzene rings is 1. The summed E-state index contributed by atoms with van der Waals surface area (Å²) in [5.74, 6) is 0.361. The van der Waals surface area contributed by atoms with Crippen molar-refractivity contribution in [3.63, 3.8) is 0 Å². The average Bonchev–Trinajstić information content (AvgIpc) is 3.01. The topological polar surface area (TPSA) is 48.7 Å². The van der Waals surface area contributed by atoms with Gasteiger partial charge in [-0.05, 0) is 37.5 Å². The van der Waals surface area contributed by atoms with Crippen LogP contribution in [-0.4, -0.2) is 19.7 Å². The Labute approximate surface area is 124 Å². The number of carbonyl (C=O) groups excluding carboxylic acids is 1. The Kier molecular flexibility index (Phi) is 5.58. The predicted molar refractivity (Wildman–Crippen MR) is 79.2 cm³/mol. The molecule has 1 heterocycles. The summed E-state index contributed by atoms with van der Waals surface area (Å²) in [5, 5.41) is 0. The zero-order chi connectivity index (χ0) is 15.1. The molecule has 0 bridgehead atoms. The molecule has 0 spiro atoms. The van der Waals surface area contributed by atoms with E-state index < -0.39 is 5.97 Å². The van der Waals surface area contributed by atoms with Gasteiger partial charge in [0.25, 0.3) is 0 Å². The van der Waals surface area contributed by atoms with Crippen LogP contribution in [0, 0.1) is 0 Å². The molecule has 2 aromatic rings. The van der Waals surface area contributed by atoms with Gasteiger partial charge in [0.2, 0.25) is 5.76 Å². The molecule has 0 N–H and O–H groups in total. The van der Waals surface area contributed by atoms with Gasteiger partial charge in [-0.1, -0.05) is 30.3 Å². The van der Waals surface area contributed by atoms with Crippen LogP contribution in [-0.2, 0) is 15.9 Å². The minimum Gasteiger partial charge on any atom is -0.463 e. The first-order valence-electron chi connectivity index (χ1n) is 7.04. The normalized spacial score (nSPS) is 12.1. The van der Waals surface area contributed by atoms with Crippen molar-refractivity contribution in [1.29, 1.82) is 0 Å². The van der Waals surface area contributed by atoms with Crippen LogP contribution in [0.15, 0.2) is 46.9 Å². The van der Waals surface area contributed by atoms with E-state index in [0.717, 1.165) is 12.8 Å². The van der Waals surface area contributed by atoms with Gasteiger partial charge in [-0.15, -0.1) is 0 Å². The lowest BCUT2D eigenvalue weighted by molar-refractivity contribution is 0.0439. The Morgan fingerprint density at radius 2 is 1.95 bits per heavy atom. The molecule has 112 valence electrons. The van der Waals surface area contributed by atoms with E-state index in [-0.39, 0.29) is 11.9 Å². The molecule has 4 nitrogen and oxygen atoms in total. The number of methoxy groups -OCH3 is 1. The Bertz CT molecular complexity index is 559. The summed E-state index contributed by atoms with van der Waals surface area (Å²) < 4.78 is 15.7. The summed E-state index contributed by atoms with van der Waals surface area (Å²) in [6.45, 7) is 2.55. The fraction of sp³-hybridized carbons (Fsp3) is 0.353. The second-order valence-electron chi connectivity index (χ2n) is 4.80. The highest BCUT2D eigenvalue weighted by atomic mass is 16.5. The number of aryl methyl sites for hydroxylation is 1. The third-order valence-corrected chi connectivity index (χ3v) is 3.23. The molecule has 0 aliphatic heterocycles. The number of hydrogen-bond acceptors (Lipinski definition) is 4. The smallest absolute Gasteiger partial charge is 0.373 e. The number of hydrogen-bond donors (Lipinski definition) is 0. The van der Waals surface area contributed by atoms with Crippen LogP contribution in [0.25, 0.3) is 0 Å². The fourth-order valence-electron chi connectivity index (χ4n) is 2.04. The molecule has 1 aromatic carbocycles. The molecule has 1 unspecified atom stereocenters. The van der Waals surface area contributed by atoms with Gasteiger partial charge in [0.1, 0.15) is 11.9 Å². The molecule has 0 aliphatic carbocycles. The van der Waals surface area contributed by atoms with Gasteiger partial charge >= 0.3 is 5.97 Å². The van der Waals surface area contributed by atoms with Crippen LogP contribution >= 0.6 is 0 Å². The molecule has 0 radical (unpaired) electrons. The second-order valence-corrected chi connectivity index (χ2v) is 4.80. The summed E-state index contributed by atoms with van der Waals surface area (Å²) in [5.41, 5.74) is 1.31. The first-order chi connectivity index (χ1) is 10.2. The molecular formula is C17H20O4. The van der Waals surface area contributed by atoms with Crippen molar-refractivity contribution in [2.75, 3.05) is 13.7 Å². The van der Waals surface area contributed by atoms with Crippen molar-refractivity contribution in [2.45, 2.75) is 25.9 Å². The number of rotatable bonds is 7. The number of esters is 1. The minimum absolute atomic E-state index is 0.181. The Morgan fingerprint density at radius 1 is 1.19 bits per heavy atom. The Hall–Kier alpha value is -2.07. The molecule has 0 aliphatic rings. The molecule has 0 amide bonds. The van der Waals surface area contributed by atoms with E-state index >= 15 is 0 Å². The van der Waals surface area contributed by atoms with Crippen molar-refractivity contribution < 1.29 is 18.7 Å². The maximum absolute atomic E-state index is 11.3. The molecule has 1 atom stereocenters. The molecule has 0 saturated heterocycles. The summed E-state index contributed by atoms with van der Waals surface area (Å²) in [6.07, 6.45) is 1.75. The van der Waals surface area contributed by atoms with Crippen molar-refractivity contribution in [2.24, 2.45) is 0 Å². The molecule has 21 heavy (non-hydrogen) atoms. The van der Waals surface area contributed by atoms with Gasteiger partial charge in [-0.3, -0.25) is 0 Å². The molecule has 2 rings (SSSR count). The molecule has 0 fully saturated rings. The van der Waals surface area contributed by atoms with Gasteiger partial charge in [-0.2, -0.15) is 0 Å². The van der Waals surface area contributed by atoms with Gasteiger partial charge < -0.3 is 13.9 Å². The Balaban J connectivity index is 1.75. The lowest BCUT2D eigenvalue weighted by Crippen LogP contribution is -2.02. The number of ether oxygens (including phenoxy) is 2. The molecule has 4 heteroatoms. The summed E-state index contributed by atoms with van der Waals surface area (Å²) in [4.78, 5) is 11.3. The minimum atomic E-state index is -0.475. The van der Waals surface area contributed by atoms with Crippen molar-refractivity contribution in [3.8, 4) is 0 Å². The lowest BCUT2D eigenvalue weighted by Gasteiger charge is -2.10. The van der Waals surface area contributed by atoms with Crippen molar-refractivity contribution >= 4 is 5.97 Å². The monoisotopic (exact) mass is 288 g/mol. The maximum Gasteiger partial charge on any atom is 0.373 e. The third-order valence-electron chi connectivity index (χ3n) is 3.23. The van der Waals surface area contributed by atoms with E-state index in [2.05, 4.69) is 16.9 Å². The highest BCUT2D eigenvalue weighted by molar-refractivity contribution is 5.86. The third kappa shape index (κ3) is 4.46. The first-order valence-corrected chi connectivity index (χ1v) is 7.04. The van der Waals surface area contributed by atoms with Crippen LogP contribution in [0.4, 0.5) is 0 Å². The average molecular weight is 288 g/mol. The van der Waals surface area contributed by atoms with E-state index in [4.69, 9.17) is 9.15 Å². The van der Waals surface area contributed by atoms with E-state index in [9.17, 15) is 4.79 Å². The molecular weight excluding hydrogens is 268 g/mol. The highest BCUT2D eigenvalue weighted by Gasteiger charge is 2.15. The summed E-state index contributed by atoms with van der Waals surface area (Å²) >= 11 is 0. The standard InChI is InChI=1S/C17H20O4/c1-13(15-10-11-16(21-15)17(18)19-2)20-12-6-9-14-7-4-3-5-8-14/h3-5,7-8,10-11,13H,6,9,12H2,1-2H3. The SMILES string of the molecule is COC(=O)c1ccc(C(C)OCCCc2ccccc2)o1. The van der Waals surface area contributed by atoms with E-state index in [1.807, 2.05) is 25.1 Å². The van der Waals surface area contributed by atoms with Gasteiger partial charge in [0.05, 0.1) is 7.11 Å². The molecule has 0 saturated carbocycles. The van der Waals surface area contributed by atoms with Gasteiger partial charge in [-0.25, -0.2) is 4.79 Å². The first kappa shape index (κ1) is 15.3. The van der Waals surface area contributed by atoms with E-state index in [1.165, 1.54) is 12.7 Å². The second kappa shape index (κ2) is 7.64. The maximum atomic E-state index is 11.3. The van der Waals surface area contributed by atoms with Crippen LogP contribution < -0.4 is 0 Å². The van der Waals surface area contributed by atoms with E-state index in [1.54, 1.807) is 12.1 Å². The largest absolute Gasteiger partial charge is 0.463 e. The van der Waals surface area contributed by atoms with E-state index in [0.29, 0.717) is 12.4 Å². The van der Waals surface area contributed by atoms with Crippen LogP contribution in [0.2, 0.25) is 0 Å². The zero-order valence-corrected chi connectivity index (χ0v) is 12.4. The van der Waals surface area contributed by atoms with Crippen LogP contribution in [0.5, 0.6) is 0 Å². The van der Waals surface area contributed by atoms with Crippen LogP contribution in [0.3, 0.4) is 0 Å². The highest BCUT2D eigenvalue weighted by Crippen LogP contribution is 2.20. The number of carbonyl (C=O) groups is 1. The quantitative estimate of drug-likeness (QED) is 0.574. The van der Waals surface area contributed by atoms with Gasteiger partial charge in [0.15, 0.2) is 0 Å². The van der Waals surface area contributed by atoms with Crippen molar-refractivity contribution in [3.05, 3.63) is 59.5 Å². The number of furan rings is 1. The zero-order valence-electron chi connectivity index (χ0n) is 12.4. The predicted octanol–water partition coefficient (Wildman–Crippen LogP) is 3.78. The lowest BCUT2D eigenvalue weighted by atomic mass is 10.1. The van der Waals surface area contributed by atoms with Gasteiger partial charge in [0, 0.05) is 6.61 Å². The summed E-state index contributed by atoms with van der Waals surface area (Å²) in [7, 11) is 1.33.